The summed E-state index contributed by atoms with van der Waals surface area (Å²) < 4.78 is 1.80. The van der Waals surface area contributed by atoms with Gasteiger partial charge in [-0.1, -0.05) is 6.07 Å². The minimum absolute atomic E-state index is 0.0906. The molecule has 0 bridgehead atoms. The van der Waals surface area contributed by atoms with Gasteiger partial charge in [0.05, 0.1) is 23.5 Å². The molecule has 8 heteroatoms. The van der Waals surface area contributed by atoms with Crippen molar-refractivity contribution in [2.45, 2.75) is 25.7 Å². The fourth-order valence-corrected chi connectivity index (χ4v) is 4.59. The lowest BCUT2D eigenvalue weighted by Gasteiger charge is -2.16. The highest BCUT2D eigenvalue weighted by atomic mass is 32.1. The lowest BCUT2D eigenvalue weighted by molar-refractivity contribution is -0.121. The van der Waals surface area contributed by atoms with Gasteiger partial charge in [-0.15, -0.1) is 11.3 Å². The highest BCUT2D eigenvalue weighted by molar-refractivity contribution is 7.09. The highest BCUT2D eigenvalue weighted by Crippen LogP contribution is 2.42. The monoisotopic (exact) mass is 416 g/mol. The molecule has 0 aliphatic carbocycles. The van der Waals surface area contributed by atoms with Crippen LogP contribution in [-0.2, 0) is 16.6 Å². The van der Waals surface area contributed by atoms with Crippen molar-refractivity contribution in [2.75, 3.05) is 11.9 Å². The average molecular weight is 417 g/mol. The zero-order valence-corrected chi connectivity index (χ0v) is 17.7. The van der Waals surface area contributed by atoms with E-state index in [0.717, 1.165) is 34.2 Å². The number of fused-ring (bicyclic) bond motifs is 1. The SMILES string of the molecule is CN1C(=O)C(C)(C)c2cc(-c3nc(Cc4cccs4)nn3-c3ccnnc3)ccc21. The van der Waals surface area contributed by atoms with Crippen LogP contribution >= 0.6 is 11.3 Å². The summed E-state index contributed by atoms with van der Waals surface area (Å²) in [6.07, 6.45) is 3.97. The molecule has 1 aliphatic heterocycles. The topological polar surface area (TPSA) is 76.8 Å². The van der Waals surface area contributed by atoms with Crippen molar-refractivity contribution >= 4 is 22.9 Å². The molecule has 3 aromatic heterocycles. The van der Waals surface area contributed by atoms with Crippen molar-refractivity contribution in [3.8, 4) is 17.1 Å². The van der Waals surface area contributed by atoms with Crippen LogP contribution in [0, 0.1) is 0 Å². The molecule has 1 aliphatic rings. The maximum atomic E-state index is 12.7. The van der Waals surface area contributed by atoms with Gasteiger partial charge in [0.15, 0.2) is 11.6 Å². The normalized spacial score (nSPS) is 14.9. The fourth-order valence-electron chi connectivity index (χ4n) is 3.89. The molecule has 0 fully saturated rings. The number of hydrogen-bond donors (Lipinski definition) is 0. The fraction of sp³-hybridized carbons (Fsp3) is 0.227. The third-order valence-electron chi connectivity index (χ3n) is 5.51. The Labute approximate surface area is 178 Å². The van der Waals surface area contributed by atoms with Crippen LogP contribution < -0.4 is 4.90 Å². The van der Waals surface area contributed by atoms with Crippen LogP contribution in [0.4, 0.5) is 5.69 Å². The minimum atomic E-state index is -0.580. The lowest BCUT2D eigenvalue weighted by Crippen LogP contribution is -2.33. The molecule has 0 unspecified atom stereocenters. The number of thiophene rings is 1. The van der Waals surface area contributed by atoms with Gasteiger partial charge in [0.25, 0.3) is 0 Å². The van der Waals surface area contributed by atoms with Gasteiger partial charge < -0.3 is 4.90 Å². The van der Waals surface area contributed by atoms with E-state index in [9.17, 15) is 4.79 Å². The van der Waals surface area contributed by atoms with Crippen LogP contribution in [0.15, 0.2) is 54.2 Å². The third kappa shape index (κ3) is 2.91. The molecule has 0 N–H and O–H groups in total. The molecule has 4 heterocycles. The molecular weight excluding hydrogens is 396 g/mol. The van der Waals surface area contributed by atoms with Gasteiger partial charge in [-0.25, -0.2) is 9.67 Å². The molecular formula is C22H20N6OS. The smallest absolute Gasteiger partial charge is 0.236 e. The molecule has 7 nitrogen and oxygen atoms in total. The summed E-state index contributed by atoms with van der Waals surface area (Å²) in [4.78, 5) is 20.5. The van der Waals surface area contributed by atoms with Crippen molar-refractivity contribution in [1.82, 2.24) is 25.0 Å². The molecule has 1 amide bonds. The van der Waals surface area contributed by atoms with E-state index in [1.54, 1.807) is 33.3 Å². The first-order valence-electron chi connectivity index (χ1n) is 9.63. The molecule has 30 heavy (non-hydrogen) atoms. The van der Waals surface area contributed by atoms with Crippen molar-refractivity contribution < 1.29 is 4.79 Å². The first kappa shape index (κ1) is 18.6. The summed E-state index contributed by atoms with van der Waals surface area (Å²) in [7, 11) is 1.82. The number of benzene rings is 1. The van der Waals surface area contributed by atoms with Gasteiger partial charge in [0.2, 0.25) is 5.91 Å². The summed E-state index contributed by atoms with van der Waals surface area (Å²) in [6, 6.07) is 12.0. The van der Waals surface area contributed by atoms with Crippen molar-refractivity contribution in [3.05, 3.63) is 70.4 Å². The average Bonchev–Trinajstić information content (AvgIpc) is 3.46. The Bertz CT molecular complexity index is 1230. The van der Waals surface area contributed by atoms with Crippen LogP contribution in [-0.4, -0.2) is 37.9 Å². The van der Waals surface area contributed by atoms with Gasteiger partial charge in [0, 0.05) is 29.6 Å². The number of likely N-dealkylation sites (N-methyl/N-ethyl adjacent to an activating group) is 1. The number of carbonyl (C=O) groups is 1. The molecule has 0 radical (unpaired) electrons. The zero-order valence-electron chi connectivity index (χ0n) is 16.9. The van der Waals surface area contributed by atoms with E-state index in [4.69, 9.17) is 10.1 Å². The second kappa shape index (κ2) is 6.84. The summed E-state index contributed by atoms with van der Waals surface area (Å²) >= 11 is 1.69. The van der Waals surface area contributed by atoms with Crippen LogP contribution in [0.3, 0.4) is 0 Å². The number of aromatic nitrogens is 5. The number of rotatable bonds is 4. The summed E-state index contributed by atoms with van der Waals surface area (Å²) in [5.41, 5.74) is 3.05. The number of hydrogen-bond acceptors (Lipinski definition) is 6. The number of nitrogens with zero attached hydrogens (tertiary/aromatic N) is 6. The predicted molar refractivity (Wildman–Crippen MR) is 116 cm³/mol. The largest absolute Gasteiger partial charge is 0.314 e. The first-order valence-corrected chi connectivity index (χ1v) is 10.5. The van der Waals surface area contributed by atoms with Crippen molar-refractivity contribution in [2.24, 2.45) is 0 Å². The molecule has 150 valence electrons. The molecule has 5 rings (SSSR count). The van der Waals surface area contributed by atoms with E-state index in [2.05, 4.69) is 27.7 Å². The summed E-state index contributed by atoms with van der Waals surface area (Å²) in [6.45, 7) is 3.92. The van der Waals surface area contributed by atoms with E-state index >= 15 is 0 Å². The van der Waals surface area contributed by atoms with Gasteiger partial charge in [-0.2, -0.15) is 15.3 Å². The first-order chi connectivity index (χ1) is 14.4. The zero-order chi connectivity index (χ0) is 20.9. The predicted octanol–water partition coefficient (Wildman–Crippen LogP) is 3.63. The number of carbonyl (C=O) groups excluding carboxylic acids is 1. The van der Waals surface area contributed by atoms with Crippen molar-refractivity contribution in [1.29, 1.82) is 0 Å². The van der Waals surface area contributed by atoms with E-state index in [0.29, 0.717) is 6.42 Å². The minimum Gasteiger partial charge on any atom is -0.314 e. The van der Waals surface area contributed by atoms with Crippen LogP contribution in [0.25, 0.3) is 17.1 Å². The Morgan fingerprint density at radius 3 is 2.73 bits per heavy atom. The highest BCUT2D eigenvalue weighted by Gasteiger charge is 2.42. The summed E-state index contributed by atoms with van der Waals surface area (Å²) in [5, 5.41) is 14.7. The van der Waals surface area contributed by atoms with Crippen LogP contribution in [0.1, 0.15) is 30.1 Å². The number of amides is 1. The molecule has 0 saturated heterocycles. The Hall–Kier alpha value is -3.39. The third-order valence-corrected chi connectivity index (χ3v) is 6.38. The summed E-state index contributed by atoms with van der Waals surface area (Å²) in [5.74, 6) is 1.54. The molecule has 4 aromatic rings. The molecule has 0 atom stereocenters. The van der Waals surface area contributed by atoms with E-state index in [1.165, 1.54) is 4.88 Å². The van der Waals surface area contributed by atoms with Gasteiger partial charge >= 0.3 is 0 Å². The Morgan fingerprint density at radius 2 is 2.00 bits per heavy atom. The Morgan fingerprint density at radius 1 is 1.13 bits per heavy atom. The lowest BCUT2D eigenvalue weighted by atomic mass is 9.85. The Kier molecular flexibility index (Phi) is 4.25. The quantitative estimate of drug-likeness (QED) is 0.508. The van der Waals surface area contributed by atoms with Gasteiger partial charge in [-0.3, -0.25) is 4.79 Å². The van der Waals surface area contributed by atoms with Gasteiger partial charge in [-0.05, 0) is 55.1 Å². The second-order valence-electron chi connectivity index (χ2n) is 7.84. The van der Waals surface area contributed by atoms with Crippen LogP contribution in [0.5, 0.6) is 0 Å². The van der Waals surface area contributed by atoms with Crippen LogP contribution in [0.2, 0.25) is 0 Å². The van der Waals surface area contributed by atoms with Gasteiger partial charge in [0.1, 0.15) is 0 Å². The second-order valence-corrected chi connectivity index (χ2v) is 8.87. The maximum absolute atomic E-state index is 12.7. The van der Waals surface area contributed by atoms with Crippen molar-refractivity contribution in [3.63, 3.8) is 0 Å². The Balaban J connectivity index is 1.65. The number of anilines is 1. The standard InChI is InChI=1S/C22H20N6OS/c1-22(2)17-11-14(6-7-18(17)27(3)21(22)29)20-25-19(12-16-5-4-10-30-16)26-28(20)15-8-9-23-24-13-15/h4-11,13H,12H2,1-3H3. The molecule has 0 saturated carbocycles. The molecule has 1 aromatic carbocycles. The maximum Gasteiger partial charge on any atom is 0.236 e. The van der Waals surface area contributed by atoms with E-state index < -0.39 is 5.41 Å². The van der Waals surface area contributed by atoms with E-state index in [-0.39, 0.29) is 5.91 Å². The molecule has 0 spiro atoms. The van der Waals surface area contributed by atoms with E-state index in [1.807, 2.05) is 45.2 Å².